The summed E-state index contributed by atoms with van der Waals surface area (Å²) in [6, 6.07) is 11.6. The molecule has 7 heteroatoms. The van der Waals surface area contributed by atoms with Gasteiger partial charge in [-0.3, -0.25) is 4.79 Å². The number of carbonyl (C=O) groups excluding carboxylic acids is 2. The molecule has 6 nitrogen and oxygen atoms in total. The molecule has 0 heterocycles. The highest BCUT2D eigenvalue weighted by atomic mass is 35.5. The van der Waals surface area contributed by atoms with Crippen LogP contribution in [-0.2, 0) is 4.79 Å². The molecule has 35 heavy (non-hydrogen) atoms. The second kappa shape index (κ2) is 16.7. The highest BCUT2D eigenvalue weighted by Crippen LogP contribution is 2.29. The number of nitrogens with zero attached hydrogens (tertiary/aromatic N) is 1. The zero-order valence-electron chi connectivity index (χ0n) is 20.9. The molecule has 2 aromatic rings. The Bertz CT molecular complexity index is 944. The monoisotopic (exact) mass is 500 g/mol. The van der Waals surface area contributed by atoms with E-state index in [-0.39, 0.29) is 5.91 Å². The molecule has 0 aliphatic heterocycles. The highest BCUT2D eigenvalue weighted by Gasteiger charge is 2.13. The molecule has 0 spiro atoms. The first kappa shape index (κ1) is 28.4. The number of esters is 1. The van der Waals surface area contributed by atoms with Crippen molar-refractivity contribution in [3.05, 3.63) is 58.6 Å². The number of hydrogen-bond acceptors (Lipinski definition) is 5. The van der Waals surface area contributed by atoms with Gasteiger partial charge in [-0.15, -0.1) is 0 Å². The van der Waals surface area contributed by atoms with E-state index in [0.717, 1.165) is 12.8 Å². The number of amides is 1. The number of rotatable bonds is 16. The summed E-state index contributed by atoms with van der Waals surface area (Å²) in [6.07, 6.45) is 12.9. The van der Waals surface area contributed by atoms with Gasteiger partial charge >= 0.3 is 5.97 Å². The van der Waals surface area contributed by atoms with E-state index in [1.165, 1.54) is 44.9 Å². The van der Waals surface area contributed by atoms with Gasteiger partial charge in [0.1, 0.15) is 0 Å². The van der Waals surface area contributed by atoms with Crippen molar-refractivity contribution >= 4 is 29.7 Å². The molecule has 0 aromatic heterocycles. The highest BCUT2D eigenvalue weighted by molar-refractivity contribution is 6.30. The summed E-state index contributed by atoms with van der Waals surface area (Å²) in [6.45, 7) is 4.48. The zero-order chi connectivity index (χ0) is 25.3. The molecule has 0 atom stereocenters. The molecule has 1 amide bonds. The van der Waals surface area contributed by atoms with Crippen LogP contribution >= 0.6 is 11.6 Å². The lowest BCUT2D eigenvalue weighted by Crippen LogP contribution is -2.16. The van der Waals surface area contributed by atoms with Crippen LogP contribution in [0.1, 0.15) is 94.0 Å². The van der Waals surface area contributed by atoms with E-state index in [1.54, 1.807) is 48.7 Å². The van der Waals surface area contributed by atoms with Crippen LogP contribution in [0.5, 0.6) is 11.5 Å². The SMILES string of the molecule is CCCCCCCCCCCC(=O)N/N=C/c1ccc(OC(=O)c2ccc(Cl)cc2)c(OCC)c1. The van der Waals surface area contributed by atoms with Crippen LogP contribution < -0.4 is 14.9 Å². The number of hydrazone groups is 1. The van der Waals surface area contributed by atoms with Crippen LogP contribution in [0.2, 0.25) is 5.02 Å². The van der Waals surface area contributed by atoms with Gasteiger partial charge in [0.05, 0.1) is 18.4 Å². The Labute approximate surface area is 214 Å². The molecule has 0 unspecified atom stereocenters. The van der Waals surface area contributed by atoms with Gasteiger partial charge in [0, 0.05) is 11.4 Å². The maximum Gasteiger partial charge on any atom is 0.343 e. The van der Waals surface area contributed by atoms with Crippen molar-refractivity contribution in [2.45, 2.75) is 78.1 Å². The number of unbranched alkanes of at least 4 members (excludes halogenated alkanes) is 8. The van der Waals surface area contributed by atoms with Crippen LogP contribution in [0.15, 0.2) is 47.6 Å². The molecule has 190 valence electrons. The first-order valence-corrected chi connectivity index (χ1v) is 13.0. The fourth-order valence-corrected chi connectivity index (χ4v) is 3.66. The number of nitrogens with one attached hydrogen (secondary N) is 1. The number of hydrogen-bond donors (Lipinski definition) is 1. The van der Waals surface area contributed by atoms with E-state index in [9.17, 15) is 9.59 Å². The summed E-state index contributed by atoms with van der Waals surface area (Å²) in [5.74, 6) is 0.119. The second-order valence-corrected chi connectivity index (χ2v) is 8.84. The third-order valence-corrected chi connectivity index (χ3v) is 5.71. The number of ether oxygens (including phenoxy) is 2. The summed E-state index contributed by atoms with van der Waals surface area (Å²) in [7, 11) is 0. The minimum absolute atomic E-state index is 0.0947. The van der Waals surface area contributed by atoms with Gasteiger partial charge in [0.15, 0.2) is 11.5 Å². The molecule has 0 aliphatic rings. The fraction of sp³-hybridized carbons (Fsp3) is 0.464. The molecule has 0 fully saturated rings. The lowest BCUT2D eigenvalue weighted by atomic mass is 10.1. The standard InChI is InChI=1S/C28H37ClN2O4/c1-3-5-6-7-8-9-10-11-12-13-27(32)31-30-21-22-14-19-25(26(20-22)34-4-2)35-28(33)23-15-17-24(29)18-16-23/h14-21H,3-13H2,1-2H3,(H,31,32)/b30-21+. The van der Waals surface area contributed by atoms with Crippen molar-refractivity contribution < 1.29 is 19.1 Å². The predicted molar refractivity (Wildman–Crippen MR) is 142 cm³/mol. The first-order valence-electron chi connectivity index (χ1n) is 12.6. The fourth-order valence-electron chi connectivity index (χ4n) is 3.53. The molecule has 1 N–H and O–H groups in total. The molecular formula is C28H37ClN2O4. The minimum atomic E-state index is -0.507. The maximum absolute atomic E-state index is 12.4. The van der Waals surface area contributed by atoms with Gasteiger partial charge in [0.25, 0.3) is 0 Å². The molecule has 0 bridgehead atoms. The van der Waals surface area contributed by atoms with Crippen LogP contribution in [0.25, 0.3) is 0 Å². The Hall–Kier alpha value is -2.86. The van der Waals surface area contributed by atoms with Crippen LogP contribution in [0.4, 0.5) is 0 Å². The summed E-state index contributed by atoms with van der Waals surface area (Å²) < 4.78 is 11.1. The lowest BCUT2D eigenvalue weighted by molar-refractivity contribution is -0.121. The van der Waals surface area contributed by atoms with Gasteiger partial charge in [-0.05, 0) is 61.4 Å². The molecule has 0 saturated heterocycles. The third-order valence-electron chi connectivity index (χ3n) is 5.46. The van der Waals surface area contributed by atoms with Gasteiger partial charge in [-0.2, -0.15) is 5.10 Å². The van der Waals surface area contributed by atoms with E-state index < -0.39 is 5.97 Å². The Morgan fingerprint density at radius 2 is 1.54 bits per heavy atom. The molecule has 0 aliphatic carbocycles. The van der Waals surface area contributed by atoms with Crippen molar-refractivity contribution in [1.29, 1.82) is 0 Å². The average molecular weight is 501 g/mol. The lowest BCUT2D eigenvalue weighted by Gasteiger charge is -2.11. The number of carbonyl (C=O) groups is 2. The second-order valence-electron chi connectivity index (χ2n) is 8.41. The molecule has 0 saturated carbocycles. The Morgan fingerprint density at radius 3 is 2.20 bits per heavy atom. The minimum Gasteiger partial charge on any atom is -0.490 e. The Balaban J connectivity index is 1.77. The van der Waals surface area contributed by atoms with Gasteiger partial charge in [-0.1, -0.05) is 69.9 Å². The van der Waals surface area contributed by atoms with Gasteiger partial charge in [0.2, 0.25) is 5.91 Å². The van der Waals surface area contributed by atoms with Crippen LogP contribution in [-0.4, -0.2) is 24.7 Å². The molecule has 2 rings (SSSR count). The van der Waals surface area contributed by atoms with Gasteiger partial charge in [-0.25, -0.2) is 10.2 Å². The van der Waals surface area contributed by atoms with Crippen molar-refractivity contribution in [3.8, 4) is 11.5 Å². The Kier molecular flexibility index (Phi) is 13.6. The van der Waals surface area contributed by atoms with E-state index in [1.807, 2.05) is 6.92 Å². The summed E-state index contributed by atoms with van der Waals surface area (Å²) in [5, 5.41) is 4.59. The van der Waals surface area contributed by atoms with Gasteiger partial charge < -0.3 is 9.47 Å². The third kappa shape index (κ3) is 11.4. The van der Waals surface area contributed by atoms with E-state index >= 15 is 0 Å². The summed E-state index contributed by atoms with van der Waals surface area (Å²) >= 11 is 5.87. The predicted octanol–water partition coefficient (Wildman–Crippen LogP) is 7.33. The largest absolute Gasteiger partial charge is 0.490 e. The number of benzene rings is 2. The average Bonchev–Trinajstić information content (AvgIpc) is 2.85. The maximum atomic E-state index is 12.4. The van der Waals surface area contributed by atoms with E-state index in [0.29, 0.717) is 40.7 Å². The van der Waals surface area contributed by atoms with E-state index in [4.69, 9.17) is 21.1 Å². The molecule has 2 aromatic carbocycles. The smallest absolute Gasteiger partial charge is 0.343 e. The topological polar surface area (TPSA) is 77.0 Å². The quantitative estimate of drug-likeness (QED) is 0.0860. The summed E-state index contributed by atoms with van der Waals surface area (Å²) in [5.41, 5.74) is 3.67. The van der Waals surface area contributed by atoms with Crippen LogP contribution in [0, 0.1) is 0 Å². The van der Waals surface area contributed by atoms with Crippen molar-refractivity contribution in [1.82, 2.24) is 5.43 Å². The zero-order valence-corrected chi connectivity index (χ0v) is 21.6. The first-order chi connectivity index (χ1) is 17.0. The number of halogens is 1. The Morgan fingerprint density at radius 1 is 0.886 bits per heavy atom. The van der Waals surface area contributed by atoms with Crippen molar-refractivity contribution in [3.63, 3.8) is 0 Å². The molecular weight excluding hydrogens is 464 g/mol. The van der Waals surface area contributed by atoms with Crippen LogP contribution in [0.3, 0.4) is 0 Å². The van der Waals surface area contributed by atoms with Crippen molar-refractivity contribution in [2.75, 3.05) is 6.61 Å². The molecule has 0 radical (unpaired) electrons. The summed E-state index contributed by atoms with van der Waals surface area (Å²) in [4.78, 5) is 24.4. The van der Waals surface area contributed by atoms with E-state index in [2.05, 4.69) is 17.5 Å². The van der Waals surface area contributed by atoms with Crippen molar-refractivity contribution in [2.24, 2.45) is 5.10 Å². The normalized spacial score (nSPS) is 10.9.